The van der Waals surface area contributed by atoms with E-state index in [0.29, 0.717) is 0 Å². The van der Waals surface area contributed by atoms with Crippen LogP contribution in [0.25, 0.3) is 0 Å². The SMILES string of the molecule is COc1c(Cl)cc(F)c(F)c1CNO. The van der Waals surface area contributed by atoms with E-state index in [1.54, 1.807) is 5.48 Å². The first-order valence-electron chi connectivity index (χ1n) is 3.69. The predicted octanol–water partition coefficient (Wildman–Crippen LogP) is 2.11. The average Bonchev–Trinajstić information content (AvgIpc) is 2.14. The fourth-order valence-corrected chi connectivity index (χ4v) is 1.37. The van der Waals surface area contributed by atoms with Crippen LogP contribution in [0.1, 0.15) is 5.56 Å². The third-order valence-corrected chi connectivity index (χ3v) is 1.96. The maximum atomic E-state index is 13.2. The van der Waals surface area contributed by atoms with Crippen LogP contribution >= 0.6 is 11.6 Å². The normalized spacial score (nSPS) is 10.4. The predicted molar refractivity (Wildman–Crippen MR) is 46.5 cm³/mol. The molecule has 0 saturated heterocycles. The van der Waals surface area contributed by atoms with E-state index in [9.17, 15) is 8.78 Å². The lowest BCUT2D eigenvalue weighted by Gasteiger charge is -2.10. The highest BCUT2D eigenvalue weighted by atomic mass is 35.5. The maximum Gasteiger partial charge on any atom is 0.167 e. The highest BCUT2D eigenvalue weighted by molar-refractivity contribution is 6.32. The molecule has 0 fully saturated rings. The minimum Gasteiger partial charge on any atom is -0.495 e. The van der Waals surface area contributed by atoms with E-state index in [1.165, 1.54) is 7.11 Å². The average molecular weight is 224 g/mol. The zero-order valence-electron chi connectivity index (χ0n) is 7.27. The van der Waals surface area contributed by atoms with Crippen molar-refractivity contribution in [2.45, 2.75) is 6.54 Å². The minimum atomic E-state index is -1.09. The van der Waals surface area contributed by atoms with Gasteiger partial charge in [0, 0.05) is 0 Å². The second-order valence-corrected chi connectivity index (χ2v) is 2.91. The van der Waals surface area contributed by atoms with Crippen LogP contribution in [0.5, 0.6) is 5.75 Å². The molecule has 0 aromatic heterocycles. The summed E-state index contributed by atoms with van der Waals surface area (Å²) in [6, 6.07) is 0.816. The Morgan fingerprint density at radius 3 is 2.71 bits per heavy atom. The van der Waals surface area contributed by atoms with Crippen molar-refractivity contribution in [2.24, 2.45) is 0 Å². The maximum absolute atomic E-state index is 13.2. The summed E-state index contributed by atoms with van der Waals surface area (Å²) >= 11 is 5.60. The monoisotopic (exact) mass is 223 g/mol. The van der Waals surface area contributed by atoms with Crippen molar-refractivity contribution in [1.82, 2.24) is 5.48 Å². The Bertz CT molecular complexity index is 347. The Hall–Kier alpha value is -0.910. The number of methoxy groups -OCH3 is 1. The molecule has 0 spiro atoms. The van der Waals surface area contributed by atoms with Crippen LogP contribution in [0.3, 0.4) is 0 Å². The largest absolute Gasteiger partial charge is 0.495 e. The highest BCUT2D eigenvalue weighted by Crippen LogP contribution is 2.32. The zero-order valence-corrected chi connectivity index (χ0v) is 8.03. The molecule has 0 bridgehead atoms. The molecule has 0 heterocycles. The van der Waals surface area contributed by atoms with Gasteiger partial charge in [-0.3, -0.25) is 0 Å². The first-order chi connectivity index (χ1) is 6.61. The van der Waals surface area contributed by atoms with Gasteiger partial charge in [-0.05, 0) is 6.07 Å². The van der Waals surface area contributed by atoms with E-state index >= 15 is 0 Å². The lowest BCUT2D eigenvalue weighted by atomic mass is 10.2. The second kappa shape index (κ2) is 4.54. The van der Waals surface area contributed by atoms with Gasteiger partial charge in [0.25, 0.3) is 0 Å². The molecule has 0 unspecified atom stereocenters. The fourth-order valence-electron chi connectivity index (χ4n) is 1.09. The number of hydrogen-bond donors (Lipinski definition) is 2. The van der Waals surface area contributed by atoms with Crippen LogP contribution in [-0.4, -0.2) is 12.3 Å². The Morgan fingerprint density at radius 1 is 1.57 bits per heavy atom. The molecule has 78 valence electrons. The summed E-state index contributed by atoms with van der Waals surface area (Å²) in [7, 11) is 1.28. The molecule has 1 aromatic rings. The van der Waals surface area contributed by atoms with Crippen molar-refractivity contribution in [3.8, 4) is 5.75 Å². The molecule has 0 saturated carbocycles. The van der Waals surface area contributed by atoms with E-state index in [2.05, 4.69) is 0 Å². The summed E-state index contributed by atoms with van der Waals surface area (Å²) in [6.07, 6.45) is 0. The van der Waals surface area contributed by atoms with Gasteiger partial charge in [0.1, 0.15) is 5.75 Å². The number of halogens is 3. The molecule has 0 aliphatic rings. The first kappa shape index (κ1) is 11.2. The number of benzene rings is 1. The molecule has 0 atom stereocenters. The summed E-state index contributed by atoms with van der Waals surface area (Å²) in [4.78, 5) is 0. The third kappa shape index (κ3) is 1.95. The van der Waals surface area contributed by atoms with Gasteiger partial charge in [0.05, 0.1) is 24.2 Å². The summed E-state index contributed by atoms with van der Waals surface area (Å²) in [5, 5.41) is 8.36. The van der Waals surface area contributed by atoms with Crippen molar-refractivity contribution >= 4 is 11.6 Å². The smallest absolute Gasteiger partial charge is 0.167 e. The molecule has 6 heteroatoms. The van der Waals surface area contributed by atoms with Crippen molar-refractivity contribution in [3.63, 3.8) is 0 Å². The fraction of sp³-hybridized carbons (Fsp3) is 0.250. The Balaban J connectivity index is 3.32. The summed E-state index contributed by atoms with van der Waals surface area (Å²) in [5.41, 5.74) is 1.56. The van der Waals surface area contributed by atoms with E-state index in [0.717, 1.165) is 6.07 Å². The standard InChI is InChI=1S/C8H8ClF2NO2/c1-14-8-4(3-12-13)7(11)6(10)2-5(8)9/h2,12-13H,3H2,1H3. The van der Waals surface area contributed by atoms with Gasteiger partial charge in [0.15, 0.2) is 11.6 Å². The molecule has 0 radical (unpaired) electrons. The quantitative estimate of drug-likeness (QED) is 0.609. The van der Waals surface area contributed by atoms with Gasteiger partial charge >= 0.3 is 0 Å². The molecule has 3 nitrogen and oxygen atoms in total. The summed E-state index contributed by atoms with van der Waals surface area (Å²) < 4.78 is 30.8. The Kier molecular flexibility index (Phi) is 3.62. The molecular formula is C8H8ClF2NO2. The molecule has 14 heavy (non-hydrogen) atoms. The van der Waals surface area contributed by atoms with Gasteiger partial charge in [0.2, 0.25) is 0 Å². The molecule has 1 rings (SSSR count). The lowest BCUT2D eigenvalue weighted by molar-refractivity contribution is 0.158. The topological polar surface area (TPSA) is 41.5 Å². The Morgan fingerprint density at radius 2 is 2.21 bits per heavy atom. The van der Waals surface area contributed by atoms with Gasteiger partial charge in [-0.25, -0.2) is 14.3 Å². The lowest BCUT2D eigenvalue weighted by Crippen LogP contribution is -2.11. The van der Waals surface area contributed by atoms with Crippen LogP contribution in [0.2, 0.25) is 5.02 Å². The molecular weight excluding hydrogens is 216 g/mol. The van der Waals surface area contributed by atoms with Crippen LogP contribution in [-0.2, 0) is 6.54 Å². The van der Waals surface area contributed by atoms with E-state index in [4.69, 9.17) is 21.5 Å². The molecule has 2 N–H and O–H groups in total. The van der Waals surface area contributed by atoms with Crippen molar-refractivity contribution < 1.29 is 18.7 Å². The molecule has 0 amide bonds. The van der Waals surface area contributed by atoms with Gasteiger partial charge in [-0.15, -0.1) is 0 Å². The molecule has 0 aliphatic heterocycles. The molecule has 1 aromatic carbocycles. The van der Waals surface area contributed by atoms with Gasteiger partial charge in [-0.1, -0.05) is 11.6 Å². The second-order valence-electron chi connectivity index (χ2n) is 2.50. The number of hydrogen-bond acceptors (Lipinski definition) is 3. The highest BCUT2D eigenvalue weighted by Gasteiger charge is 2.17. The third-order valence-electron chi connectivity index (χ3n) is 1.68. The Labute approximate surface area is 84.2 Å². The van der Waals surface area contributed by atoms with Crippen LogP contribution in [0.4, 0.5) is 8.78 Å². The van der Waals surface area contributed by atoms with Gasteiger partial charge < -0.3 is 9.94 Å². The number of ether oxygens (including phenoxy) is 1. The van der Waals surface area contributed by atoms with Crippen molar-refractivity contribution in [3.05, 3.63) is 28.3 Å². The van der Waals surface area contributed by atoms with E-state index < -0.39 is 11.6 Å². The van der Waals surface area contributed by atoms with E-state index in [-0.39, 0.29) is 22.9 Å². The number of rotatable bonds is 3. The van der Waals surface area contributed by atoms with Crippen molar-refractivity contribution in [2.75, 3.05) is 7.11 Å². The van der Waals surface area contributed by atoms with E-state index in [1.807, 2.05) is 0 Å². The van der Waals surface area contributed by atoms with Crippen LogP contribution < -0.4 is 10.2 Å². The summed E-state index contributed by atoms with van der Waals surface area (Å²) in [6.45, 7) is -0.285. The first-order valence-corrected chi connectivity index (χ1v) is 4.07. The van der Waals surface area contributed by atoms with Crippen molar-refractivity contribution in [1.29, 1.82) is 0 Å². The minimum absolute atomic E-state index is 0.00659. The zero-order chi connectivity index (χ0) is 10.7. The number of hydroxylamine groups is 1. The van der Waals surface area contributed by atoms with Crippen LogP contribution in [0.15, 0.2) is 6.07 Å². The van der Waals surface area contributed by atoms with Crippen LogP contribution in [0, 0.1) is 11.6 Å². The molecule has 0 aliphatic carbocycles. The summed E-state index contributed by atoms with van der Waals surface area (Å²) in [5.74, 6) is -2.17. The number of nitrogens with one attached hydrogen (secondary N) is 1. The van der Waals surface area contributed by atoms with Gasteiger partial charge in [-0.2, -0.15) is 0 Å².